The predicted octanol–water partition coefficient (Wildman–Crippen LogP) is 3.15. The average molecular weight is 321 g/mol. The van der Waals surface area contributed by atoms with E-state index in [1.807, 2.05) is 18.2 Å². The molecule has 2 aromatic carbocycles. The Kier molecular flexibility index (Phi) is 3.49. The number of fused-ring (bicyclic) bond motifs is 3. The molecular formula is C19H19N3O2. The van der Waals surface area contributed by atoms with Gasteiger partial charge in [0.15, 0.2) is 0 Å². The summed E-state index contributed by atoms with van der Waals surface area (Å²) in [5.74, 6) is -0.501. The molecule has 0 bridgehead atoms. The van der Waals surface area contributed by atoms with Crippen LogP contribution in [0, 0.1) is 0 Å². The number of nitrogens with zero attached hydrogens (tertiary/aromatic N) is 1. The fourth-order valence-electron chi connectivity index (χ4n) is 3.62. The second-order valence-electron chi connectivity index (χ2n) is 6.35. The van der Waals surface area contributed by atoms with Crippen molar-refractivity contribution < 1.29 is 9.59 Å². The SMILES string of the molecule is Nc1cccc(N2C(=O)CC(=O)Nc3c2ccc2c3CCCC2)c1. The quantitative estimate of drug-likeness (QED) is 0.626. The van der Waals surface area contributed by atoms with Crippen LogP contribution in [0.2, 0.25) is 0 Å². The number of nitrogens with one attached hydrogen (secondary N) is 1. The summed E-state index contributed by atoms with van der Waals surface area (Å²) >= 11 is 0. The number of rotatable bonds is 1. The lowest BCUT2D eigenvalue weighted by Crippen LogP contribution is -2.26. The van der Waals surface area contributed by atoms with Crippen molar-refractivity contribution >= 4 is 34.6 Å². The van der Waals surface area contributed by atoms with Gasteiger partial charge in [0, 0.05) is 5.69 Å². The van der Waals surface area contributed by atoms with Crippen LogP contribution >= 0.6 is 0 Å². The zero-order valence-electron chi connectivity index (χ0n) is 13.3. The summed E-state index contributed by atoms with van der Waals surface area (Å²) in [6.45, 7) is 0. The summed E-state index contributed by atoms with van der Waals surface area (Å²) in [6, 6.07) is 11.2. The molecule has 0 radical (unpaired) electrons. The highest BCUT2D eigenvalue weighted by molar-refractivity contribution is 6.17. The van der Waals surface area contributed by atoms with Gasteiger partial charge in [-0.3, -0.25) is 14.5 Å². The van der Waals surface area contributed by atoms with Crippen LogP contribution in [0.1, 0.15) is 30.4 Å². The lowest BCUT2D eigenvalue weighted by molar-refractivity contribution is -0.124. The highest BCUT2D eigenvalue weighted by atomic mass is 16.2. The van der Waals surface area contributed by atoms with E-state index in [1.165, 1.54) is 5.56 Å². The maximum Gasteiger partial charge on any atom is 0.241 e. The van der Waals surface area contributed by atoms with Crippen LogP contribution in [0.3, 0.4) is 0 Å². The van der Waals surface area contributed by atoms with E-state index in [-0.39, 0.29) is 18.2 Å². The Balaban J connectivity index is 1.92. The molecule has 1 aliphatic heterocycles. The summed E-state index contributed by atoms with van der Waals surface area (Å²) in [5.41, 5.74) is 11.1. The van der Waals surface area contributed by atoms with Crippen molar-refractivity contribution in [1.82, 2.24) is 0 Å². The minimum absolute atomic E-state index is 0.168. The molecule has 1 aliphatic carbocycles. The standard InChI is InChI=1S/C19H19N3O2/c20-13-5-3-6-14(10-13)22-16-9-8-12-4-1-2-7-15(12)19(16)21-17(23)11-18(22)24/h3,5-6,8-10H,1-2,4,7,11,20H2,(H,21,23). The first-order chi connectivity index (χ1) is 11.6. The van der Waals surface area contributed by atoms with Gasteiger partial charge in [0.1, 0.15) is 6.42 Å². The second kappa shape index (κ2) is 5.67. The minimum Gasteiger partial charge on any atom is -0.399 e. The van der Waals surface area contributed by atoms with E-state index in [4.69, 9.17) is 5.73 Å². The number of anilines is 4. The Morgan fingerprint density at radius 2 is 1.88 bits per heavy atom. The second-order valence-corrected chi connectivity index (χ2v) is 6.35. The van der Waals surface area contributed by atoms with Crippen molar-refractivity contribution in [3.8, 4) is 0 Å². The molecule has 1 heterocycles. The van der Waals surface area contributed by atoms with Crippen molar-refractivity contribution in [2.45, 2.75) is 32.1 Å². The largest absolute Gasteiger partial charge is 0.399 e. The molecule has 0 saturated heterocycles. The van der Waals surface area contributed by atoms with E-state index in [2.05, 4.69) is 11.4 Å². The fraction of sp³-hybridized carbons (Fsp3) is 0.263. The van der Waals surface area contributed by atoms with Crippen LogP contribution < -0.4 is 16.0 Å². The highest BCUT2D eigenvalue weighted by Crippen LogP contribution is 2.41. The van der Waals surface area contributed by atoms with Crippen LogP contribution in [0.25, 0.3) is 0 Å². The third kappa shape index (κ3) is 2.42. The molecule has 4 rings (SSSR count). The van der Waals surface area contributed by atoms with Gasteiger partial charge in [0.2, 0.25) is 11.8 Å². The first-order valence-electron chi connectivity index (χ1n) is 8.26. The van der Waals surface area contributed by atoms with Crippen molar-refractivity contribution in [2.75, 3.05) is 16.0 Å². The van der Waals surface area contributed by atoms with Crippen LogP contribution in [0.15, 0.2) is 36.4 Å². The summed E-state index contributed by atoms with van der Waals surface area (Å²) in [5, 5.41) is 2.96. The molecule has 5 heteroatoms. The van der Waals surface area contributed by atoms with Crippen LogP contribution in [-0.2, 0) is 22.4 Å². The number of carbonyl (C=O) groups excluding carboxylic acids is 2. The molecular weight excluding hydrogens is 302 g/mol. The number of aryl methyl sites for hydroxylation is 1. The molecule has 0 spiro atoms. The number of carbonyl (C=O) groups is 2. The van der Waals surface area contributed by atoms with Crippen LogP contribution in [0.4, 0.5) is 22.7 Å². The number of nitrogens with two attached hydrogens (primary N) is 1. The van der Waals surface area contributed by atoms with Crippen molar-refractivity contribution in [2.24, 2.45) is 0 Å². The molecule has 2 aromatic rings. The molecule has 5 nitrogen and oxygen atoms in total. The molecule has 3 N–H and O–H groups in total. The van der Waals surface area contributed by atoms with Crippen molar-refractivity contribution in [3.63, 3.8) is 0 Å². The normalized spacial score (nSPS) is 16.9. The Morgan fingerprint density at radius 3 is 2.71 bits per heavy atom. The summed E-state index contributed by atoms with van der Waals surface area (Å²) in [7, 11) is 0. The maximum absolute atomic E-state index is 12.7. The number of nitrogen functional groups attached to an aromatic ring is 1. The predicted molar refractivity (Wildman–Crippen MR) is 94.3 cm³/mol. The van der Waals surface area contributed by atoms with Gasteiger partial charge in [-0.25, -0.2) is 0 Å². The van der Waals surface area contributed by atoms with Gasteiger partial charge in [-0.05, 0) is 61.1 Å². The summed E-state index contributed by atoms with van der Waals surface area (Å²) < 4.78 is 0. The third-order valence-corrected chi connectivity index (χ3v) is 4.71. The monoisotopic (exact) mass is 321 g/mol. The number of benzene rings is 2. The van der Waals surface area contributed by atoms with E-state index < -0.39 is 0 Å². The molecule has 0 aromatic heterocycles. The Labute approximate surface area is 140 Å². The lowest BCUT2D eigenvalue weighted by Gasteiger charge is -2.26. The molecule has 0 saturated carbocycles. The molecule has 0 fully saturated rings. The summed E-state index contributed by atoms with van der Waals surface area (Å²) in [4.78, 5) is 26.5. The zero-order chi connectivity index (χ0) is 16.7. The van der Waals surface area contributed by atoms with E-state index in [1.54, 1.807) is 17.0 Å². The Morgan fingerprint density at radius 1 is 1.04 bits per heavy atom. The topological polar surface area (TPSA) is 75.4 Å². The first-order valence-corrected chi connectivity index (χ1v) is 8.26. The molecule has 2 aliphatic rings. The van der Waals surface area contributed by atoms with Crippen molar-refractivity contribution in [3.05, 3.63) is 47.5 Å². The van der Waals surface area contributed by atoms with Gasteiger partial charge in [-0.2, -0.15) is 0 Å². The molecule has 0 atom stereocenters. The molecule has 122 valence electrons. The number of amides is 2. The third-order valence-electron chi connectivity index (χ3n) is 4.71. The molecule has 2 amide bonds. The number of hydrogen-bond acceptors (Lipinski definition) is 3. The smallest absolute Gasteiger partial charge is 0.241 e. The van der Waals surface area contributed by atoms with E-state index >= 15 is 0 Å². The molecule has 24 heavy (non-hydrogen) atoms. The van der Waals surface area contributed by atoms with Crippen LogP contribution in [0.5, 0.6) is 0 Å². The zero-order valence-corrected chi connectivity index (χ0v) is 13.3. The van der Waals surface area contributed by atoms with Crippen molar-refractivity contribution in [1.29, 1.82) is 0 Å². The fourth-order valence-corrected chi connectivity index (χ4v) is 3.62. The van der Waals surface area contributed by atoms with Gasteiger partial charge in [-0.15, -0.1) is 0 Å². The van der Waals surface area contributed by atoms with Gasteiger partial charge < -0.3 is 11.1 Å². The highest BCUT2D eigenvalue weighted by Gasteiger charge is 2.30. The maximum atomic E-state index is 12.7. The lowest BCUT2D eigenvalue weighted by atomic mass is 9.89. The Hall–Kier alpha value is -2.82. The average Bonchev–Trinajstić information content (AvgIpc) is 2.69. The van der Waals surface area contributed by atoms with Crippen LogP contribution in [-0.4, -0.2) is 11.8 Å². The van der Waals surface area contributed by atoms with Gasteiger partial charge in [0.25, 0.3) is 0 Å². The van der Waals surface area contributed by atoms with Gasteiger partial charge in [0.05, 0.1) is 17.1 Å². The van der Waals surface area contributed by atoms with E-state index in [0.29, 0.717) is 11.4 Å². The minimum atomic E-state index is -0.258. The van der Waals surface area contributed by atoms with E-state index in [0.717, 1.165) is 42.6 Å². The van der Waals surface area contributed by atoms with E-state index in [9.17, 15) is 9.59 Å². The van der Waals surface area contributed by atoms with Gasteiger partial charge >= 0.3 is 0 Å². The summed E-state index contributed by atoms with van der Waals surface area (Å²) in [6.07, 6.45) is 4.05. The number of hydrogen-bond donors (Lipinski definition) is 2. The first kappa shape index (κ1) is 14.8. The van der Waals surface area contributed by atoms with Gasteiger partial charge in [-0.1, -0.05) is 12.1 Å². The Bertz CT molecular complexity index is 845. The molecule has 0 unspecified atom stereocenters.